The maximum Gasteiger partial charge on any atom is 0.328 e. The normalized spacial score (nSPS) is 9.08. The highest BCUT2D eigenvalue weighted by Crippen LogP contribution is 1.92. The average Bonchev–Trinajstić information content (AvgIpc) is 2.62. The molecule has 10 heteroatoms. The van der Waals surface area contributed by atoms with E-state index in [4.69, 9.17) is 21.7 Å². The Hall–Kier alpha value is -4.08. The molecule has 10 nitrogen and oxygen atoms in total. The quantitative estimate of drug-likeness (QED) is 0.551. The van der Waals surface area contributed by atoms with Crippen LogP contribution in [-0.4, -0.2) is 43.9 Å². The van der Waals surface area contributed by atoms with Crippen molar-refractivity contribution >= 4 is 23.8 Å². The summed E-state index contributed by atoms with van der Waals surface area (Å²) in [5, 5.41) is 15.6. The summed E-state index contributed by atoms with van der Waals surface area (Å²) >= 11 is 0. The number of carboxylic acids is 2. The van der Waals surface area contributed by atoms with Gasteiger partial charge in [-0.3, -0.25) is 19.6 Å². The number of carbonyl (C=O) groups is 4. The van der Waals surface area contributed by atoms with Gasteiger partial charge in [0, 0.05) is 36.9 Å². The van der Waals surface area contributed by atoms with Gasteiger partial charge in [-0.05, 0) is 24.3 Å². The number of aliphatic carboxylic acids is 2. The number of carbonyl (C=O) groups excluding carboxylic acids is 2. The molecule has 0 aliphatic heterocycles. The van der Waals surface area contributed by atoms with E-state index in [1.807, 2.05) is 0 Å². The lowest BCUT2D eigenvalue weighted by molar-refractivity contribution is -0.134. The minimum Gasteiger partial charge on any atom is -0.478 e. The van der Waals surface area contributed by atoms with E-state index in [9.17, 15) is 19.2 Å². The zero-order valence-corrected chi connectivity index (χ0v) is 13.4. The Labute approximate surface area is 147 Å². The molecule has 2 aromatic heterocycles. The molecule has 0 spiro atoms. The third kappa shape index (κ3) is 11.5. The highest BCUT2D eigenvalue weighted by Gasteiger charge is 1.95. The highest BCUT2D eigenvalue weighted by atomic mass is 16.4. The topological polar surface area (TPSA) is 187 Å². The van der Waals surface area contributed by atoms with Gasteiger partial charge in [0.2, 0.25) is 11.8 Å². The molecule has 2 heterocycles. The molecule has 0 aliphatic carbocycles. The van der Waals surface area contributed by atoms with Crippen LogP contribution in [0.1, 0.15) is 20.7 Å². The maximum atomic E-state index is 10.4. The van der Waals surface area contributed by atoms with Crippen LogP contribution >= 0.6 is 0 Å². The van der Waals surface area contributed by atoms with E-state index in [1.54, 1.807) is 36.7 Å². The van der Waals surface area contributed by atoms with Gasteiger partial charge in [-0.1, -0.05) is 0 Å². The first-order valence-electron chi connectivity index (χ1n) is 6.77. The number of rotatable bonds is 4. The summed E-state index contributed by atoms with van der Waals surface area (Å²) in [5.41, 5.74) is 10.8. The molecule has 2 rings (SSSR count). The van der Waals surface area contributed by atoms with Crippen molar-refractivity contribution in [2.45, 2.75) is 0 Å². The van der Waals surface area contributed by atoms with Gasteiger partial charge >= 0.3 is 11.9 Å². The van der Waals surface area contributed by atoms with Crippen molar-refractivity contribution in [2.75, 3.05) is 0 Å². The largest absolute Gasteiger partial charge is 0.478 e. The molecular formula is C16H16N4O6. The van der Waals surface area contributed by atoms with Crippen molar-refractivity contribution < 1.29 is 29.4 Å². The van der Waals surface area contributed by atoms with Gasteiger partial charge in [0.05, 0.1) is 11.1 Å². The zero-order valence-electron chi connectivity index (χ0n) is 13.4. The van der Waals surface area contributed by atoms with Gasteiger partial charge in [-0.25, -0.2) is 9.59 Å². The van der Waals surface area contributed by atoms with Gasteiger partial charge in [-0.15, -0.1) is 0 Å². The molecule has 2 aromatic rings. The number of hydrogen-bond acceptors (Lipinski definition) is 6. The van der Waals surface area contributed by atoms with Crippen LogP contribution in [0.3, 0.4) is 0 Å². The third-order valence-electron chi connectivity index (χ3n) is 2.26. The van der Waals surface area contributed by atoms with Crippen LogP contribution < -0.4 is 11.5 Å². The molecule has 0 unspecified atom stereocenters. The third-order valence-corrected chi connectivity index (χ3v) is 2.26. The lowest BCUT2D eigenvalue weighted by Crippen LogP contribution is -2.10. The molecular weight excluding hydrogens is 344 g/mol. The van der Waals surface area contributed by atoms with E-state index in [0.717, 1.165) is 0 Å². The number of pyridine rings is 2. The Morgan fingerprint density at radius 1 is 0.769 bits per heavy atom. The van der Waals surface area contributed by atoms with Crippen LogP contribution in [0.2, 0.25) is 0 Å². The lowest BCUT2D eigenvalue weighted by Gasteiger charge is -1.88. The maximum absolute atomic E-state index is 10.4. The Morgan fingerprint density at radius 2 is 1.12 bits per heavy atom. The number of amides is 2. The van der Waals surface area contributed by atoms with E-state index in [-0.39, 0.29) is 0 Å². The first-order chi connectivity index (χ1) is 12.2. The number of nitrogens with two attached hydrogens (primary N) is 2. The van der Waals surface area contributed by atoms with Gasteiger partial charge in [-0.2, -0.15) is 0 Å². The molecule has 0 aromatic carbocycles. The second-order valence-corrected chi connectivity index (χ2v) is 4.22. The molecule has 0 radical (unpaired) electrons. The van der Waals surface area contributed by atoms with E-state index < -0.39 is 23.8 Å². The van der Waals surface area contributed by atoms with Crippen LogP contribution in [0.15, 0.2) is 61.2 Å². The van der Waals surface area contributed by atoms with E-state index >= 15 is 0 Å². The first kappa shape index (κ1) is 21.9. The monoisotopic (exact) mass is 360 g/mol. The van der Waals surface area contributed by atoms with Crippen molar-refractivity contribution in [3.63, 3.8) is 0 Å². The number of aromatic nitrogens is 2. The van der Waals surface area contributed by atoms with Crippen LogP contribution in [0.4, 0.5) is 0 Å². The predicted molar refractivity (Wildman–Crippen MR) is 89.9 cm³/mol. The zero-order chi connectivity index (χ0) is 19.9. The summed E-state index contributed by atoms with van der Waals surface area (Å²) < 4.78 is 0. The first-order valence-corrected chi connectivity index (χ1v) is 6.77. The summed E-state index contributed by atoms with van der Waals surface area (Å²) in [6.45, 7) is 0. The van der Waals surface area contributed by atoms with Crippen LogP contribution in [0.25, 0.3) is 0 Å². The van der Waals surface area contributed by atoms with Crippen molar-refractivity contribution in [2.24, 2.45) is 11.5 Å². The molecule has 0 aliphatic rings. The molecule has 0 saturated heterocycles. The molecule has 0 saturated carbocycles. The number of nitrogens with zero attached hydrogens (tertiary/aromatic N) is 2. The molecule has 0 bridgehead atoms. The van der Waals surface area contributed by atoms with Crippen molar-refractivity contribution in [1.82, 2.24) is 9.97 Å². The van der Waals surface area contributed by atoms with Gasteiger partial charge in [0.25, 0.3) is 0 Å². The molecule has 0 atom stereocenters. The molecule has 2 amide bonds. The minimum atomic E-state index is -1.26. The summed E-state index contributed by atoms with van der Waals surface area (Å²) in [4.78, 5) is 47.3. The Morgan fingerprint density at radius 3 is 1.27 bits per heavy atom. The van der Waals surface area contributed by atoms with Gasteiger partial charge < -0.3 is 21.7 Å². The second-order valence-electron chi connectivity index (χ2n) is 4.22. The smallest absolute Gasteiger partial charge is 0.328 e. The molecule has 26 heavy (non-hydrogen) atoms. The summed E-state index contributed by atoms with van der Waals surface area (Å²) in [7, 11) is 0. The van der Waals surface area contributed by atoms with E-state index in [0.29, 0.717) is 23.3 Å². The van der Waals surface area contributed by atoms with E-state index in [1.165, 1.54) is 12.4 Å². The lowest BCUT2D eigenvalue weighted by atomic mass is 10.3. The highest BCUT2D eigenvalue weighted by molar-refractivity contribution is 5.92. The van der Waals surface area contributed by atoms with E-state index in [2.05, 4.69) is 9.97 Å². The fourth-order valence-corrected chi connectivity index (χ4v) is 1.16. The Kier molecular flexibility index (Phi) is 10.4. The van der Waals surface area contributed by atoms with Crippen molar-refractivity contribution in [1.29, 1.82) is 0 Å². The predicted octanol–water partition coefficient (Wildman–Crippen LogP) is 0.0728. The summed E-state index contributed by atoms with van der Waals surface area (Å²) in [6, 6.07) is 6.57. The van der Waals surface area contributed by atoms with Crippen LogP contribution in [0, 0.1) is 0 Å². The van der Waals surface area contributed by atoms with Gasteiger partial charge in [0.15, 0.2) is 0 Å². The van der Waals surface area contributed by atoms with Crippen LogP contribution in [-0.2, 0) is 9.59 Å². The number of primary amides is 2. The summed E-state index contributed by atoms with van der Waals surface area (Å²) in [5.74, 6) is -3.40. The van der Waals surface area contributed by atoms with Crippen molar-refractivity contribution in [3.05, 3.63) is 72.3 Å². The fraction of sp³-hybridized carbons (Fsp3) is 0. The van der Waals surface area contributed by atoms with Crippen molar-refractivity contribution in [3.8, 4) is 0 Å². The summed E-state index contributed by atoms with van der Waals surface area (Å²) in [6.07, 6.45) is 7.16. The molecule has 6 N–H and O–H groups in total. The standard InChI is InChI=1S/2C6H6N2O.C4H4O4/c2*7-6(9)5-2-1-3-8-4-5;5-3(6)1-2-4(7)8/h2*1-4H,(H2,7,9);1-2H,(H,5,6)(H,7,8)/b;;2-1+. The Bertz CT molecular complexity index is 697. The van der Waals surface area contributed by atoms with Crippen LogP contribution in [0.5, 0.6) is 0 Å². The fourth-order valence-electron chi connectivity index (χ4n) is 1.16. The Balaban J connectivity index is 0.000000362. The average molecular weight is 360 g/mol. The van der Waals surface area contributed by atoms with Gasteiger partial charge in [0.1, 0.15) is 0 Å². The minimum absolute atomic E-state index is 0.442. The number of carboxylic acid groups (broad SMARTS) is 2. The second kappa shape index (κ2) is 12.4. The SMILES string of the molecule is NC(=O)c1cccnc1.NC(=O)c1cccnc1.O=C(O)/C=C/C(=O)O. The number of hydrogen-bond donors (Lipinski definition) is 4. The molecule has 136 valence electrons. The molecule has 0 fully saturated rings.